The molecule has 1 aliphatic rings. The molecule has 0 radical (unpaired) electrons. The second-order valence-electron chi connectivity index (χ2n) is 10.4. The summed E-state index contributed by atoms with van der Waals surface area (Å²) in [6.45, 7) is 1.30. The molecule has 4 aromatic rings. The van der Waals surface area contributed by atoms with Crippen LogP contribution < -0.4 is 11.5 Å². The molecule has 12 heteroatoms. The Kier molecular flexibility index (Phi) is 7.57. The largest absolute Gasteiger partial charge is 0.481 e. The van der Waals surface area contributed by atoms with E-state index in [1.54, 1.807) is 10.7 Å². The summed E-state index contributed by atoms with van der Waals surface area (Å²) < 4.78 is 34.4. The summed E-state index contributed by atoms with van der Waals surface area (Å²) in [6, 6.07) is 7.63. The number of imidazole rings is 1. The van der Waals surface area contributed by atoms with Crippen LogP contribution >= 0.6 is 0 Å². The standard InChI is InChI=1S/C29H33F2N9O/c1-15(2)23-19(11-17-14-39(3)38-27(17)36-23)28-37-24(25(40(28)4)16-9-10-16)18-7-6-8-21(32)20(18)12-34-22(26(33)41-5)13-35-29(30)31/h6-8,11-16,29H,9-10,32-33H2,1-5H3/b26-22-,34-12?,35-13+. The van der Waals surface area contributed by atoms with Gasteiger partial charge >= 0.3 is 6.55 Å². The fourth-order valence-corrected chi connectivity index (χ4v) is 4.94. The van der Waals surface area contributed by atoms with E-state index in [0.717, 1.165) is 58.5 Å². The molecule has 41 heavy (non-hydrogen) atoms. The van der Waals surface area contributed by atoms with E-state index in [1.165, 1.54) is 13.3 Å². The van der Waals surface area contributed by atoms with Gasteiger partial charge in [-0.25, -0.2) is 20.0 Å². The van der Waals surface area contributed by atoms with Crippen molar-refractivity contribution in [1.82, 2.24) is 24.3 Å². The number of rotatable bonds is 9. The fraction of sp³-hybridized carbons (Fsp3) is 0.345. The minimum Gasteiger partial charge on any atom is -0.481 e. The highest BCUT2D eigenvalue weighted by atomic mass is 19.3. The molecule has 1 aliphatic carbocycles. The first-order valence-electron chi connectivity index (χ1n) is 13.3. The molecular weight excluding hydrogens is 528 g/mol. The third-order valence-corrected chi connectivity index (χ3v) is 7.04. The first-order valence-corrected chi connectivity index (χ1v) is 13.3. The molecule has 5 rings (SSSR count). The highest BCUT2D eigenvalue weighted by molar-refractivity contribution is 5.98. The van der Waals surface area contributed by atoms with Gasteiger partial charge in [-0.2, -0.15) is 13.9 Å². The molecule has 0 amide bonds. The van der Waals surface area contributed by atoms with Gasteiger partial charge < -0.3 is 20.8 Å². The molecule has 0 unspecified atom stereocenters. The molecule has 1 aromatic carbocycles. The lowest BCUT2D eigenvalue weighted by atomic mass is 10.0. The predicted molar refractivity (Wildman–Crippen MR) is 157 cm³/mol. The Labute approximate surface area is 236 Å². The van der Waals surface area contributed by atoms with Gasteiger partial charge in [0.2, 0.25) is 5.88 Å². The van der Waals surface area contributed by atoms with Crippen molar-refractivity contribution in [2.45, 2.75) is 45.1 Å². The number of hydrogen-bond donors (Lipinski definition) is 2. The molecule has 0 atom stereocenters. The van der Waals surface area contributed by atoms with Gasteiger partial charge in [0, 0.05) is 65.9 Å². The smallest absolute Gasteiger partial charge is 0.331 e. The monoisotopic (exact) mass is 561 g/mol. The number of aliphatic imine (C=N–C) groups is 2. The molecular formula is C29H33F2N9O. The summed E-state index contributed by atoms with van der Waals surface area (Å²) in [5.74, 6) is 1.13. The number of aromatic nitrogens is 5. The summed E-state index contributed by atoms with van der Waals surface area (Å²) in [7, 11) is 5.23. The molecule has 0 spiro atoms. The van der Waals surface area contributed by atoms with Crippen LogP contribution in [0.5, 0.6) is 0 Å². The van der Waals surface area contributed by atoms with E-state index in [4.69, 9.17) is 26.2 Å². The van der Waals surface area contributed by atoms with Crippen molar-refractivity contribution in [1.29, 1.82) is 0 Å². The van der Waals surface area contributed by atoms with Gasteiger partial charge in [-0.1, -0.05) is 26.0 Å². The van der Waals surface area contributed by atoms with Crippen LogP contribution in [0.3, 0.4) is 0 Å². The Hall–Kier alpha value is -4.61. The lowest BCUT2D eigenvalue weighted by Gasteiger charge is -2.12. The number of nitrogen functional groups attached to an aromatic ring is 1. The van der Waals surface area contributed by atoms with Gasteiger partial charge in [0.15, 0.2) is 5.65 Å². The van der Waals surface area contributed by atoms with Crippen molar-refractivity contribution >= 4 is 29.1 Å². The van der Waals surface area contributed by atoms with Crippen LogP contribution in [-0.4, -0.2) is 50.4 Å². The molecule has 0 saturated heterocycles. The number of ether oxygens (including phenoxy) is 1. The van der Waals surface area contributed by atoms with Gasteiger partial charge in [0.25, 0.3) is 0 Å². The number of halogens is 2. The molecule has 0 aliphatic heterocycles. The van der Waals surface area contributed by atoms with E-state index in [-0.39, 0.29) is 17.5 Å². The molecule has 4 N–H and O–H groups in total. The van der Waals surface area contributed by atoms with Crippen molar-refractivity contribution in [2.75, 3.05) is 12.8 Å². The lowest BCUT2D eigenvalue weighted by molar-refractivity contribution is 0.160. The van der Waals surface area contributed by atoms with Gasteiger partial charge in [-0.05, 0) is 30.9 Å². The molecule has 3 heterocycles. The summed E-state index contributed by atoms with van der Waals surface area (Å²) in [5, 5.41) is 5.43. The zero-order valence-electron chi connectivity index (χ0n) is 23.6. The van der Waals surface area contributed by atoms with Crippen molar-refractivity contribution in [3.63, 3.8) is 0 Å². The van der Waals surface area contributed by atoms with Crippen LogP contribution in [0.1, 0.15) is 55.5 Å². The van der Waals surface area contributed by atoms with E-state index in [1.807, 2.05) is 32.4 Å². The van der Waals surface area contributed by atoms with Crippen molar-refractivity contribution in [3.05, 3.63) is 59.0 Å². The summed E-state index contributed by atoms with van der Waals surface area (Å²) in [5.41, 5.74) is 18.4. The highest BCUT2D eigenvalue weighted by Gasteiger charge is 2.33. The number of pyridine rings is 1. The SMILES string of the molecule is CO/C(N)=C(/C=N/C(F)F)N=Cc1c(N)cccc1-c1nc(-c2cc3cn(C)nc3nc2C(C)C)n(C)c1C1CC1. The zero-order valence-corrected chi connectivity index (χ0v) is 23.6. The molecule has 10 nitrogen and oxygen atoms in total. The third kappa shape index (κ3) is 5.54. The van der Waals surface area contributed by atoms with Gasteiger partial charge in [0.1, 0.15) is 11.5 Å². The maximum Gasteiger partial charge on any atom is 0.331 e. The quantitative estimate of drug-likeness (QED) is 0.126. The van der Waals surface area contributed by atoms with E-state index < -0.39 is 6.55 Å². The maximum absolute atomic E-state index is 12.8. The molecule has 3 aromatic heterocycles. The van der Waals surface area contributed by atoms with Gasteiger partial charge in [-0.3, -0.25) is 4.68 Å². The van der Waals surface area contributed by atoms with Crippen LogP contribution in [0.2, 0.25) is 0 Å². The Morgan fingerprint density at radius 1 is 1.17 bits per heavy atom. The third-order valence-electron chi connectivity index (χ3n) is 7.04. The minimum absolute atomic E-state index is 0.0523. The normalized spacial score (nSPS) is 14.8. The highest BCUT2D eigenvalue weighted by Crippen LogP contribution is 2.47. The maximum atomic E-state index is 12.8. The zero-order chi connectivity index (χ0) is 29.4. The van der Waals surface area contributed by atoms with Crippen LogP contribution in [-0.2, 0) is 18.8 Å². The van der Waals surface area contributed by atoms with Crippen LogP contribution in [0.4, 0.5) is 14.5 Å². The lowest BCUT2D eigenvalue weighted by Crippen LogP contribution is -2.06. The average Bonchev–Trinajstić information content (AvgIpc) is 3.61. The van der Waals surface area contributed by atoms with Crippen molar-refractivity contribution in [2.24, 2.45) is 29.8 Å². The first kappa shape index (κ1) is 27.9. The Morgan fingerprint density at radius 2 is 1.93 bits per heavy atom. The van der Waals surface area contributed by atoms with Crippen LogP contribution in [0.15, 0.2) is 52.0 Å². The molecule has 0 bridgehead atoms. The Morgan fingerprint density at radius 3 is 2.59 bits per heavy atom. The number of allylic oxidation sites excluding steroid dienone is 1. The molecule has 214 valence electrons. The summed E-state index contributed by atoms with van der Waals surface area (Å²) in [6.07, 6.45) is 6.41. The second-order valence-corrected chi connectivity index (χ2v) is 10.4. The second kappa shape index (κ2) is 11.1. The van der Waals surface area contributed by atoms with Crippen LogP contribution in [0, 0.1) is 0 Å². The topological polar surface area (TPSA) is 135 Å². The number of benzene rings is 1. The first-order chi connectivity index (χ1) is 19.6. The fourth-order valence-electron chi connectivity index (χ4n) is 4.94. The molecule has 1 fully saturated rings. The number of hydrogen-bond acceptors (Lipinski definition) is 8. The summed E-state index contributed by atoms with van der Waals surface area (Å²) >= 11 is 0. The number of nitrogens with two attached hydrogens (primary N) is 2. The average molecular weight is 562 g/mol. The van der Waals surface area contributed by atoms with Crippen molar-refractivity contribution < 1.29 is 13.5 Å². The number of nitrogens with zero attached hydrogens (tertiary/aromatic N) is 7. The number of alkyl halides is 2. The molecule has 1 saturated carbocycles. The van der Waals surface area contributed by atoms with E-state index in [0.29, 0.717) is 22.8 Å². The summed E-state index contributed by atoms with van der Waals surface area (Å²) in [4.78, 5) is 17.5. The van der Waals surface area contributed by atoms with E-state index in [9.17, 15) is 8.78 Å². The van der Waals surface area contributed by atoms with Gasteiger partial charge in [0.05, 0.1) is 24.7 Å². The Balaban J connectivity index is 1.69. The van der Waals surface area contributed by atoms with Crippen molar-refractivity contribution in [3.8, 4) is 22.6 Å². The Bertz CT molecular complexity index is 1690. The van der Waals surface area contributed by atoms with E-state index in [2.05, 4.69) is 39.6 Å². The van der Waals surface area contributed by atoms with E-state index >= 15 is 0 Å². The minimum atomic E-state index is -2.91. The number of methoxy groups -OCH3 is 1. The van der Waals surface area contributed by atoms with Gasteiger partial charge in [-0.15, -0.1) is 0 Å². The number of aryl methyl sites for hydroxylation is 1. The van der Waals surface area contributed by atoms with Crippen LogP contribution in [0.25, 0.3) is 33.7 Å². The number of fused-ring (bicyclic) bond motifs is 1. The predicted octanol–water partition coefficient (Wildman–Crippen LogP) is 5.11. The number of anilines is 1.